The Hall–Kier alpha value is -4.77. The third-order valence-corrected chi connectivity index (χ3v) is 15.7. The van der Waals surface area contributed by atoms with Crippen molar-refractivity contribution >= 4 is 35.5 Å². The summed E-state index contributed by atoms with van der Waals surface area (Å²) in [7, 11) is 7.16. The Balaban J connectivity index is 1.14. The highest BCUT2D eigenvalue weighted by molar-refractivity contribution is 5.82. The van der Waals surface area contributed by atoms with Gasteiger partial charge in [0.25, 0.3) is 0 Å². The van der Waals surface area contributed by atoms with E-state index in [4.69, 9.17) is 47.0 Å². The quantitative estimate of drug-likeness (QED) is 0.0789. The summed E-state index contributed by atoms with van der Waals surface area (Å²) in [6, 6.07) is 14.1. The SMILES string of the molecule is CC[C@H]1OC(=O)[C@H](C)[C@@H](O[C@H]2C[C@@](C)(OC)C(OC(=O)N/N=C\c3ccc(-c4nc5ccccc5o4)cc3)[C@H](C)O2)[C@H](C)[C@@H](O[C@@H]2O[C@H](C)C[C@H](N(C)C)[C@H]2O)[C@](C)(O)C[C@@H](C)CN(C)[C@H](C)[C@H]2OC(=O)O[C@@]21C. The van der Waals surface area contributed by atoms with Gasteiger partial charge in [-0.15, -0.1) is 0 Å². The Labute approximate surface area is 434 Å². The van der Waals surface area contributed by atoms with Crippen LogP contribution in [0.4, 0.5) is 9.59 Å². The molecule has 1 amide bonds. The first kappa shape index (κ1) is 56.9. The molecule has 0 spiro atoms. The first-order chi connectivity index (χ1) is 34.9. The molecule has 20 heteroatoms. The predicted molar refractivity (Wildman–Crippen MR) is 272 cm³/mol. The summed E-state index contributed by atoms with van der Waals surface area (Å²) >= 11 is 0. The molecular weight excluding hydrogens is 959 g/mol. The molecule has 3 N–H and O–H groups in total. The standard InChI is InChI=1S/C54H79N5O15/c1-15-40-54(10)45(73-51(63)74-54)33(6)59(13)28-29(2)25-52(8,64)44(71-49-42(60)38(58(11)12)24-30(3)66-49)31(4)43(32(5)48(61)69-40)70-41-26-53(9,65-14)46(34(7)67-41)72-50(62)57-55-27-35-20-22-36(23-21-35)47-56-37-18-16-17-19-39(37)68-47/h16-23,27,29-34,38,40-46,49,60,64H,15,24-26,28H2,1-14H3,(H,57,62)/b55-27-/t29-,30-,31+,32-,33-,34+,38+,40-,41+,42-,43+,44-,45-,46?,49+,52-,53-,54-/m1/s1. The number of amides is 1. The maximum Gasteiger partial charge on any atom is 0.509 e. The highest BCUT2D eigenvalue weighted by atomic mass is 16.8. The number of likely N-dealkylation sites (N-methyl/N-ethyl adjacent to an activating group) is 2. The molecule has 4 fully saturated rings. The number of esters is 1. The zero-order valence-corrected chi connectivity index (χ0v) is 45.4. The van der Waals surface area contributed by atoms with Crippen LogP contribution in [0.15, 0.2) is 58.0 Å². The van der Waals surface area contributed by atoms with Crippen molar-refractivity contribution in [3.8, 4) is 11.5 Å². The van der Waals surface area contributed by atoms with Crippen LogP contribution in [-0.4, -0.2) is 175 Å². The number of carbonyl (C=O) groups is 3. The number of hydrogen-bond acceptors (Lipinski definition) is 19. The van der Waals surface area contributed by atoms with Gasteiger partial charge in [-0.25, -0.2) is 20.0 Å². The second-order valence-corrected chi connectivity index (χ2v) is 21.9. The summed E-state index contributed by atoms with van der Waals surface area (Å²) in [5, 5.41) is 28.7. The van der Waals surface area contributed by atoms with E-state index in [1.54, 1.807) is 34.6 Å². The van der Waals surface area contributed by atoms with Crippen molar-refractivity contribution in [2.45, 2.75) is 185 Å². The second kappa shape index (κ2) is 23.2. The zero-order chi connectivity index (χ0) is 54.0. The minimum atomic E-state index is -1.62. The first-order valence-electron chi connectivity index (χ1n) is 25.9. The van der Waals surface area contributed by atoms with Crippen LogP contribution in [0.2, 0.25) is 0 Å². The van der Waals surface area contributed by atoms with Crippen LogP contribution in [0, 0.1) is 17.8 Å². The number of aromatic nitrogens is 1. The molecule has 1 aromatic heterocycles. The van der Waals surface area contributed by atoms with Gasteiger partial charge in [0.05, 0.1) is 42.1 Å². The highest BCUT2D eigenvalue weighted by Gasteiger charge is 2.58. The minimum Gasteiger partial charge on any atom is -0.458 e. The van der Waals surface area contributed by atoms with Crippen molar-refractivity contribution < 1.29 is 71.6 Å². The van der Waals surface area contributed by atoms with Crippen molar-refractivity contribution in [3.05, 3.63) is 54.1 Å². The fraction of sp³-hybridized carbons (Fsp3) is 0.685. The second-order valence-electron chi connectivity index (χ2n) is 21.9. The van der Waals surface area contributed by atoms with Crippen molar-refractivity contribution in [3.63, 3.8) is 0 Å². The van der Waals surface area contributed by atoms with Crippen LogP contribution < -0.4 is 5.43 Å². The lowest BCUT2D eigenvalue weighted by Gasteiger charge is -2.49. The molecule has 0 saturated carbocycles. The molecule has 74 heavy (non-hydrogen) atoms. The number of fused-ring (bicyclic) bond motifs is 2. The van der Waals surface area contributed by atoms with E-state index < -0.39 is 108 Å². The van der Waals surface area contributed by atoms with Gasteiger partial charge < -0.3 is 62.2 Å². The molecule has 410 valence electrons. The Morgan fingerprint density at radius 1 is 0.973 bits per heavy atom. The highest BCUT2D eigenvalue weighted by Crippen LogP contribution is 2.42. The average Bonchev–Trinajstić information content (AvgIpc) is 3.92. The van der Waals surface area contributed by atoms with Gasteiger partial charge in [-0.2, -0.15) is 5.10 Å². The number of aliphatic hydroxyl groups excluding tert-OH is 1. The first-order valence-corrected chi connectivity index (χ1v) is 25.9. The molecular formula is C54H79N5O15. The van der Waals surface area contributed by atoms with Crippen LogP contribution in [0.3, 0.4) is 0 Å². The summed E-state index contributed by atoms with van der Waals surface area (Å²) in [5.41, 5.74) is 1.17. The molecule has 0 radical (unpaired) electrons. The van der Waals surface area contributed by atoms with Crippen LogP contribution in [0.25, 0.3) is 22.6 Å². The van der Waals surface area contributed by atoms with E-state index in [9.17, 15) is 24.6 Å². The Bertz CT molecular complexity index is 2390. The number of aliphatic hydroxyl groups is 2. The number of hydrogen-bond donors (Lipinski definition) is 3. The number of benzene rings is 2. The van der Waals surface area contributed by atoms with Gasteiger partial charge in [0.2, 0.25) is 5.89 Å². The lowest BCUT2D eigenvalue weighted by molar-refractivity contribution is -0.317. The third kappa shape index (κ3) is 12.4. The summed E-state index contributed by atoms with van der Waals surface area (Å²) < 4.78 is 62.6. The van der Waals surface area contributed by atoms with E-state index in [0.717, 1.165) is 11.1 Å². The number of carbonyl (C=O) groups excluding carboxylic acids is 3. The molecule has 0 aliphatic carbocycles. The number of ether oxygens (including phenoxy) is 9. The predicted octanol–water partition coefficient (Wildman–Crippen LogP) is 6.66. The molecule has 4 saturated heterocycles. The lowest BCUT2D eigenvalue weighted by Crippen LogP contribution is -2.61. The largest absolute Gasteiger partial charge is 0.509 e. The maximum absolute atomic E-state index is 14.8. The van der Waals surface area contributed by atoms with Gasteiger partial charge in [-0.1, -0.05) is 45.0 Å². The van der Waals surface area contributed by atoms with Crippen molar-refractivity contribution in [1.29, 1.82) is 0 Å². The Morgan fingerprint density at radius 3 is 2.34 bits per heavy atom. The molecule has 5 heterocycles. The fourth-order valence-electron chi connectivity index (χ4n) is 11.6. The Kier molecular flexibility index (Phi) is 17.9. The van der Waals surface area contributed by atoms with E-state index in [1.807, 2.05) is 114 Å². The maximum atomic E-state index is 14.8. The summed E-state index contributed by atoms with van der Waals surface area (Å²) in [5.74, 6) is -2.26. The lowest BCUT2D eigenvalue weighted by atomic mass is 9.77. The smallest absolute Gasteiger partial charge is 0.458 e. The van der Waals surface area contributed by atoms with Crippen LogP contribution in [0.1, 0.15) is 100 Å². The number of nitrogens with one attached hydrogen (secondary N) is 1. The molecule has 4 aliphatic heterocycles. The van der Waals surface area contributed by atoms with E-state index in [0.29, 0.717) is 30.0 Å². The molecule has 2 aromatic carbocycles. The normalized spacial score (nSPS) is 38.9. The number of cyclic esters (lactones) is 1. The molecule has 20 nitrogen and oxygen atoms in total. The van der Waals surface area contributed by atoms with Crippen molar-refractivity contribution in [2.75, 3.05) is 34.8 Å². The number of oxazole rings is 1. The third-order valence-electron chi connectivity index (χ3n) is 15.7. The summed E-state index contributed by atoms with van der Waals surface area (Å²) in [6.07, 6.45) is -8.56. The number of methoxy groups -OCH3 is 1. The fourth-order valence-corrected chi connectivity index (χ4v) is 11.6. The minimum absolute atomic E-state index is 0.0206. The van der Waals surface area contributed by atoms with Gasteiger partial charge in [-0.05, 0) is 125 Å². The van der Waals surface area contributed by atoms with E-state index >= 15 is 0 Å². The van der Waals surface area contributed by atoms with Crippen LogP contribution in [-0.2, 0) is 47.4 Å². The molecule has 7 rings (SSSR count). The molecule has 3 aromatic rings. The van der Waals surface area contributed by atoms with Gasteiger partial charge >= 0.3 is 18.2 Å². The zero-order valence-electron chi connectivity index (χ0n) is 45.4. The number of rotatable bonds is 11. The van der Waals surface area contributed by atoms with Gasteiger partial charge in [0.1, 0.15) is 23.3 Å². The summed E-state index contributed by atoms with van der Waals surface area (Å²) in [4.78, 5) is 49.6. The summed E-state index contributed by atoms with van der Waals surface area (Å²) in [6.45, 7) is 18.5. The van der Waals surface area contributed by atoms with E-state index in [-0.39, 0.29) is 37.3 Å². The van der Waals surface area contributed by atoms with Gasteiger partial charge in [0.15, 0.2) is 36.0 Å². The molecule has 18 atom stereocenters. The van der Waals surface area contributed by atoms with E-state index in [1.165, 1.54) is 13.3 Å². The molecule has 4 aliphatic rings. The van der Waals surface area contributed by atoms with Crippen molar-refractivity contribution in [1.82, 2.24) is 20.2 Å². The van der Waals surface area contributed by atoms with Crippen LogP contribution in [0.5, 0.6) is 0 Å². The van der Waals surface area contributed by atoms with Crippen molar-refractivity contribution in [2.24, 2.45) is 22.9 Å². The topological polar surface area (TPSA) is 232 Å². The van der Waals surface area contributed by atoms with Gasteiger partial charge in [0, 0.05) is 43.6 Å². The number of para-hydroxylation sites is 2. The Morgan fingerprint density at radius 2 is 1.68 bits per heavy atom. The monoisotopic (exact) mass is 1040 g/mol. The molecule has 1 unspecified atom stereocenters. The average molecular weight is 1040 g/mol. The van der Waals surface area contributed by atoms with Crippen LogP contribution >= 0.6 is 0 Å². The number of nitrogens with zero attached hydrogens (tertiary/aromatic N) is 4. The van der Waals surface area contributed by atoms with E-state index in [2.05, 4.69) is 15.5 Å². The number of hydrazone groups is 1. The molecule has 0 bridgehead atoms. The van der Waals surface area contributed by atoms with Gasteiger partial charge in [-0.3, -0.25) is 9.69 Å².